The molecule has 21 heavy (non-hydrogen) atoms. The molecule has 1 aromatic carbocycles. The molecule has 0 saturated heterocycles. The van der Waals surface area contributed by atoms with E-state index in [1.807, 2.05) is 0 Å². The number of halogens is 5. The number of nitrogens with zero attached hydrogens (tertiary/aromatic N) is 1. The highest BCUT2D eigenvalue weighted by Gasteiger charge is 2.31. The lowest BCUT2D eigenvalue weighted by atomic mass is 10.2. The van der Waals surface area contributed by atoms with Crippen LogP contribution in [0.25, 0.3) is 0 Å². The van der Waals surface area contributed by atoms with E-state index in [9.17, 15) is 13.2 Å². The maximum Gasteiger partial charge on any atom is 0.417 e. The van der Waals surface area contributed by atoms with Gasteiger partial charge in [0.25, 0.3) is 0 Å². The lowest BCUT2D eigenvalue weighted by molar-refractivity contribution is -0.137. The normalized spacial score (nSPS) is 11.5. The van der Waals surface area contributed by atoms with Crippen molar-refractivity contribution in [3.05, 3.63) is 52.7 Å². The molecule has 0 spiro atoms. The maximum atomic E-state index is 12.5. The minimum atomic E-state index is -4.49. The van der Waals surface area contributed by atoms with Crippen molar-refractivity contribution in [1.82, 2.24) is 4.98 Å². The zero-order valence-electron chi connectivity index (χ0n) is 10.3. The summed E-state index contributed by atoms with van der Waals surface area (Å²) in [5.74, 6) is 0.337. The van der Waals surface area contributed by atoms with E-state index >= 15 is 0 Å². The molecular weight excluding hydrogens is 421 g/mol. The Labute approximate surface area is 137 Å². The first-order valence-corrected chi connectivity index (χ1v) is 6.89. The molecule has 0 radical (unpaired) electrons. The molecule has 0 fully saturated rings. The van der Waals surface area contributed by atoms with Gasteiger partial charge in [0, 0.05) is 6.20 Å². The van der Waals surface area contributed by atoms with Crippen LogP contribution in [0.1, 0.15) is 11.1 Å². The van der Waals surface area contributed by atoms with Crippen LogP contribution in [-0.2, 0) is 15.8 Å². The number of pyridine rings is 1. The number of aromatic nitrogens is 1. The first-order valence-electron chi connectivity index (χ1n) is 5.63. The maximum absolute atomic E-state index is 12.5. The van der Waals surface area contributed by atoms with Gasteiger partial charge in [0.15, 0.2) is 0 Å². The fraction of sp³-hybridized carbons (Fsp3) is 0.154. The van der Waals surface area contributed by atoms with Crippen LogP contribution in [0.4, 0.5) is 13.2 Å². The Morgan fingerprint density at radius 1 is 1.19 bits per heavy atom. The summed E-state index contributed by atoms with van der Waals surface area (Å²) < 4.78 is 47.8. The predicted octanol–water partition coefficient (Wildman–Crippen LogP) is 5.41. The fourth-order valence-corrected chi connectivity index (χ4v) is 2.05. The molecule has 112 valence electrons. The molecule has 3 nitrogen and oxygen atoms in total. The summed E-state index contributed by atoms with van der Waals surface area (Å²) >= 11 is 7.54. The van der Waals surface area contributed by atoms with Gasteiger partial charge in [-0.2, -0.15) is 13.2 Å². The molecule has 0 aliphatic rings. The molecule has 1 aromatic heterocycles. The zero-order valence-corrected chi connectivity index (χ0v) is 13.2. The molecule has 0 atom stereocenters. The minimum Gasteiger partial charge on any atom is -0.438 e. The van der Waals surface area contributed by atoms with E-state index in [4.69, 9.17) is 19.4 Å². The molecule has 1 heterocycles. The average molecular weight is 430 g/mol. The van der Waals surface area contributed by atoms with Gasteiger partial charge in [0.05, 0.1) is 12.2 Å². The van der Waals surface area contributed by atoms with Crippen molar-refractivity contribution in [2.45, 2.75) is 12.8 Å². The van der Waals surface area contributed by atoms with E-state index in [1.165, 1.54) is 0 Å². The van der Waals surface area contributed by atoms with Gasteiger partial charge in [-0.1, -0.05) is 23.7 Å². The number of benzene rings is 1. The average Bonchev–Trinajstić information content (AvgIpc) is 2.42. The molecule has 0 aliphatic heterocycles. The Bertz CT molecular complexity index is 620. The van der Waals surface area contributed by atoms with Gasteiger partial charge in [-0.15, -0.1) is 0 Å². The van der Waals surface area contributed by atoms with Crippen molar-refractivity contribution in [2.75, 3.05) is 0 Å². The molecule has 0 bridgehead atoms. The number of hydrogen-bond acceptors (Lipinski definition) is 3. The second-order valence-electron chi connectivity index (χ2n) is 4.01. The van der Waals surface area contributed by atoms with Crippen molar-refractivity contribution >= 4 is 34.6 Å². The minimum absolute atomic E-state index is 0.0810. The van der Waals surface area contributed by atoms with Gasteiger partial charge < -0.3 is 7.80 Å². The third-order valence-electron chi connectivity index (χ3n) is 2.49. The Hall–Kier alpha value is -1.06. The van der Waals surface area contributed by atoms with Crippen LogP contribution in [0.2, 0.25) is 5.02 Å². The van der Waals surface area contributed by atoms with Crippen LogP contribution >= 0.6 is 34.6 Å². The third kappa shape index (κ3) is 4.45. The van der Waals surface area contributed by atoms with E-state index < -0.39 is 11.7 Å². The first kappa shape index (κ1) is 16.3. The summed E-state index contributed by atoms with van der Waals surface area (Å²) in [6.07, 6.45) is -3.81. The van der Waals surface area contributed by atoms with Crippen molar-refractivity contribution in [3.63, 3.8) is 0 Å². The fourth-order valence-electron chi connectivity index (χ4n) is 1.48. The molecular formula is C13H8ClF3INO2. The smallest absolute Gasteiger partial charge is 0.417 e. The van der Waals surface area contributed by atoms with Crippen LogP contribution in [-0.4, -0.2) is 4.98 Å². The van der Waals surface area contributed by atoms with E-state index in [-0.39, 0.29) is 10.9 Å². The van der Waals surface area contributed by atoms with Crippen LogP contribution < -0.4 is 4.74 Å². The molecule has 2 rings (SSSR count). The largest absolute Gasteiger partial charge is 0.438 e. The van der Waals surface area contributed by atoms with E-state index in [0.717, 1.165) is 11.6 Å². The van der Waals surface area contributed by atoms with Gasteiger partial charge in [-0.25, -0.2) is 4.98 Å². The second kappa shape index (κ2) is 6.80. The summed E-state index contributed by atoms with van der Waals surface area (Å²) in [6, 6.07) is 7.63. The lowest BCUT2D eigenvalue weighted by Gasteiger charge is -2.10. The monoisotopic (exact) mass is 429 g/mol. The van der Waals surface area contributed by atoms with Gasteiger partial charge in [0.2, 0.25) is 5.88 Å². The molecule has 0 saturated carbocycles. The summed E-state index contributed by atoms with van der Waals surface area (Å²) in [5, 5.41) is -0.204. The van der Waals surface area contributed by atoms with Crippen LogP contribution in [0.3, 0.4) is 0 Å². The molecule has 8 heteroatoms. The van der Waals surface area contributed by atoms with Gasteiger partial charge in [-0.3, -0.25) is 0 Å². The van der Waals surface area contributed by atoms with Crippen molar-refractivity contribution in [1.29, 1.82) is 0 Å². The van der Waals surface area contributed by atoms with Crippen LogP contribution in [0, 0.1) is 0 Å². The summed E-state index contributed by atoms with van der Waals surface area (Å²) in [5.41, 5.74) is 0.0117. The molecule has 0 aliphatic carbocycles. The molecule has 0 amide bonds. The van der Waals surface area contributed by atoms with Gasteiger partial charge in [0.1, 0.15) is 33.8 Å². The number of ether oxygens (including phenoxy) is 1. The number of alkyl halides is 3. The zero-order chi connectivity index (χ0) is 15.5. The van der Waals surface area contributed by atoms with Gasteiger partial charge >= 0.3 is 6.18 Å². The summed E-state index contributed by atoms with van der Waals surface area (Å²) in [7, 11) is 0. The Morgan fingerprint density at radius 2 is 1.86 bits per heavy atom. The van der Waals surface area contributed by atoms with Gasteiger partial charge in [-0.05, 0) is 23.8 Å². The Balaban J connectivity index is 2.16. The van der Waals surface area contributed by atoms with E-state index in [1.54, 1.807) is 47.3 Å². The molecule has 2 aromatic rings. The van der Waals surface area contributed by atoms with E-state index in [2.05, 4.69) is 4.98 Å². The highest BCUT2D eigenvalue weighted by molar-refractivity contribution is 14.1. The molecule has 0 N–H and O–H groups in total. The van der Waals surface area contributed by atoms with Crippen molar-refractivity contribution < 1.29 is 21.0 Å². The van der Waals surface area contributed by atoms with Crippen LogP contribution in [0.5, 0.6) is 11.6 Å². The van der Waals surface area contributed by atoms with Crippen molar-refractivity contribution in [2.24, 2.45) is 0 Å². The lowest BCUT2D eigenvalue weighted by Crippen LogP contribution is -2.05. The second-order valence-corrected chi connectivity index (χ2v) is 5.04. The number of rotatable bonds is 4. The van der Waals surface area contributed by atoms with Crippen molar-refractivity contribution in [3.8, 4) is 11.6 Å². The quantitative estimate of drug-likeness (QED) is 0.609. The highest BCUT2D eigenvalue weighted by atomic mass is 127. The first-order chi connectivity index (χ1) is 9.90. The summed E-state index contributed by atoms with van der Waals surface area (Å²) in [6.45, 7) is 0.445. The summed E-state index contributed by atoms with van der Waals surface area (Å²) in [4.78, 5) is 3.60. The van der Waals surface area contributed by atoms with Crippen LogP contribution in [0.15, 0.2) is 36.5 Å². The Kier molecular flexibility index (Phi) is 5.28. The topological polar surface area (TPSA) is 31.4 Å². The number of hydrogen-bond donors (Lipinski definition) is 0. The SMILES string of the molecule is FC(F)(F)c1cnc(Oc2ccc(COI)cc2)c(Cl)c1. The predicted molar refractivity (Wildman–Crippen MR) is 79.6 cm³/mol. The molecule has 0 unspecified atom stereocenters. The third-order valence-corrected chi connectivity index (χ3v) is 3.08. The highest BCUT2D eigenvalue weighted by Crippen LogP contribution is 2.34. The Morgan fingerprint density at radius 3 is 2.38 bits per heavy atom. The standard InChI is InChI=1S/C13H8ClF3INO2/c14-11-5-9(13(15,16)17)6-19-12(11)21-10-3-1-8(2-4-10)7-20-18/h1-6H,7H2. The van der Waals surface area contributed by atoms with E-state index in [0.29, 0.717) is 18.6 Å².